The predicted molar refractivity (Wildman–Crippen MR) is 66.9 cm³/mol. The van der Waals surface area contributed by atoms with Gasteiger partial charge in [0.15, 0.2) is 0 Å². The lowest BCUT2D eigenvalue weighted by Crippen LogP contribution is -1.96. The van der Waals surface area contributed by atoms with Gasteiger partial charge in [-0.25, -0.2) is 0 Å². The van der Waals surface area contributed by atoms with Crippen molar-refractivity contribution in [3.05, 3.63) is 11.6 Å². The molecule has 0 heterocycles. The maximum Gasteiger partial charge on any atom is 0.145 e. The lowest BCUT2D eigenvalue weighted by atomic mass is 9.96. The summed E-state index contributed by atoms with van der Waals surface area (Å²) in [6.07, 6.45) is 9.25. The summed E-state index contributed by atoms with van der Waals surface area (Å²) in [5, 5.41) is 0. The van der Waals surface area contributed by atoms with Crippen LogP contribution in [0.3, 0.4) is 0 Å². The second-order valence-corrected chi connectivity index (χ2v) is 5.07. The van der Waals surface area contributed by atoms with Gasteiger partial charge in [0.05, 0.1) is 0 Å². The first-order valence-corrected chi connectivity index (χ1v) is 6.18. The number of hydrogen-bond acceptors (Lipinski definition) is 1. The van der Waals surface area contributed by atoms with E-state index in [4.69, 9.17) is 0 Å². The first kappa shape index (κ1) is 14.4. The summed E-state index contributed by atoms with van der Waals surface area (Å²) < 4.78 is 0. The van der Waals surface area contributed by atoms with Crippen molar-refractivity contribution < 1.29 is 4.79 Å². The molecule has 15 heavy (non-hydrogen) atoms. The third-order valence-corrected chi connectivity index (χ3v) is 2.79. The van der Waals surface area contributed by atoms with E-state index >= 15 is 0 Å². The highest BCUT2D eigenvalue weighted by atomic mass is 16.1. The highest BCUT2D eigenvalue weighted by Gasteiger charge is 2.02. The fourth-order valence-corrected chi connectivity index (χ4v) is 1.66. The third kappa shape index (κ3) is 9.71. The topological polar surface area (TPSA) is 17.1 Å². The Morgan fingerprint density at radius 1 is 1.13 bits per heavy atom. The lowest BCUT2D eigenvalue weighted by molar-refractivity contribution is -0.104. The summed E-state index contributed by atoms with van der Waals surface area (Å²) in [5.41, 5.74) is 0.865. The summed E-state index contributed by atoms with van der Waals surface area (Å²) >= 11 is 0. The van der Waals surface area contributed by atoms with Crippen LogP contribution in [0.2, 0.25) is 0 Å². The molecule has 0 radical (unpaired) electrons. The van der Waals surface area contributed by atoms with E-state index in [0.29, 0.717) is 0 Å². The van der Waals surface area contributed by atoms with Crippen molar-refractivity contribution in [2.75, 3.05) is 0 Å². The van der Waals surface area contributed by atoms with Crippen LogP contribution in [0.5, 0.6) is 0 Å². The molecule has 0 saturated heterocycles. The Morgan fingerprint density at radius 3 is 2.33 bits per heavy atom. The van der Waals surface area contributed by atoms with Crippen LogP contribution in [-0.4, -0.2) is 6.29 Å². The van der Waals surface area contributed by atoms with Gasteiger partial charge in [-0.05, 0) is 37.2 Å². The lowest BCUT2D eigenvalue weighted by Gasteiger charge is -2.10. The number of rotatable bonds is 8. The molecule has 0 aromatic rings. The van der Waals surface area contributed by atoms with E-state index in [1.54, 1.807) is 0 Å². The third-order valence-electron chi connectivity index (χ3n) is 2.79. The Kier molecular flexibility index (Phi) is 8.35. The van der Waals surface area contributed by atoms with Crippen LogP contribution in [0.15, 0.2) is 11.6 Å². The van der Waals surface area contributed by atoms with E-state index in [2.05, 4.69) is 20.8 Å². The molecule has 0 amide bonds. The van der Waals surface area contributed by atoms with Gasteiger partial charge in [0, 0.05) is 0 Å². The molecule has 1 nitrogen and oxygen atoms in total. The zero-order chi connectivity index (χ0) is 11.7. The number of allylic oxidation sites excluding steroid dienone is 2. The maximum absolute atomic E-state index is 10.4. The molecule has 0 spiro atoms. The van der Waals surface area contributed by atoms with Crippen molar-refractivity contribution in [2.45, 2.75) is 59.8 Å². The van der Waals surface area contributed by atoms with Gasteiger partial charge in [-0.3, -0.25) is 4.79 Å². The number of aldehydes is 1. The second kappa shape index (κ2) is 8.70. The molecule has 1 heteroatoms. The van der Waals surface area contributed by atoms with Crippen molar-refractivity contribution in [3.63, 3.8) is 0 Å². The van der Waals surface area contributed by atoms with E-state index in [1.165, 1.54) is 25.7 Å². The van der Waals surface area contributed by atoms with E-state index in [0.717, 1.165) is 30.1 Å². The molecular formula is C14H26O. The highest BCUT2D eigenvalue weighted by molar-refractivity contribution is 5.71. The molecular weight excluding hydrogens is 184 g/mol. The fourth-order valence-electron chi connectivity index (χ4n) is 1.66. The average Bonchev–Trinajstić information content (AvgIpc) is 2.17. The van der Waals surface area contributed by atoms with Gasteiger partial charge >= 0.3 is 0 Å². The first-order valence-electron chi connectivity index (χ1n) is 6.18. The van der Waals surface area contributed by atoms with Crippen molar-refractivity contribution in [1.29, 1.82) is 0 Å². The van der Waals surface area contributed by atoms with E-state index < -0.39 is 0 Å². The van der Waals surface area contributed by atoms with Gasteiger partial charge in [-0.15, -0.1) is 0 Å². The minimum Gasteiger partial charge on any atom is -0.298 e. The van der Waals surface area contributed by atoms with Crippen molar-refractivity contribution >= 4 is 6.29 Å². The van der Waals surface area contributed by atoms with Gasteiger partial charge in [0.1, 0.15) is 6.29 Å². The molecule has 1 unspecified atom stereocenters. The zero-order valence-electron chi connectivity index (χ0n) is 10.8. The number of hydrogen-bond donors (Lipinski definition) is 0. The van der Waals surface area contributed by atoms with Crippen LogP contribution < -0.4 is 0 Å². The Hall–Kier alpha value is -0.590. The van der Waals surface area contributed by atoms with E-state index in [-0.39, 0.29) is 0 Å². The average molecular weight is 210 g/mol. The monoisotopic (exact) mass is 210 g/mol. The molecule has 0 aromatic heterocycles. The van der Waals surface area contributed by atoms with Crippen LogP contribution in [0.4, 0.5) is 0 Å². The molecule has 88 valence electrons. The molecule has 0 rings (SSSR count). The molecule has 0 bridgehead atoms. The standard InChI is InChI=1S/C14H26O/c1-12(2)7-5-8-13(3)9-6-10-14(4)11-15/h10-13H,5-9H2,1-4H3/b14-10+. The fraction of sp³-hybridized carbons (Fsp3) is 0.786. The van der Waals surface area contributed by atoms with Gasteiger partial charge in [-0.1, -0.05) is 46.1 Å². The minimum absolute atomic E-state index is 0.791. The zero-order valence-corrected chi connectivity index (χ0v) is 10.8. The number of carbonyl (C=O) groups excluding carboxylic acids is 1. The smallest absolute Gasteiger partial charge is 0.145 e. The second-order valence-electron chi connectivity index (χ2n) is 5.07. The van der Waals surface area contributed by atoms with Crippen LogP contribution in [0, 0.1) is 11.8 Å². The van der Waals surface area contributed by atoms with Gasteiger partial charge < -0.3 is 0 Å². The maximum atomic E-state index is 10.4. The first-order chi connectivity index (χ1) is 7.06. The van der Waals surface area contributed by atoms with Crippen LogP contribution in [0.1, 0.15) is 59.8 Å². The Morgan fingerprint density at radius 2 is 1.80 bits per heavy atom. The van der Waals surface area contributed by atoms with Crippen molar-refractivity contribution in [1.82, 2.24) is 0 Å². The molecule has 0 aromatic carbocycles. The SMILES string of the molecule is C/C(C=O)=C\CCC(C)CCCC(C)C. The molecule has 0 N–H and O–H groups in total. The quantitative estimate of drug-likeness (QED) is 0.429. The largest absolute Gasteiger partial charge is 0.298 e. The molecule has 1 atom stereocenters. The Labute approximate surface area is 95.0 Å². The molecule has 0 aliphatic rings. The molecule has 0 fully saturated rings. The highest BCUT2D eigenvalue weighted by Crippen LogP contribution is 2.17. The van der Waals surface area contributed by atoms with Gasteiger partial charge in [0.2, 0.25) is 0 Å². The summed E-state index contributed by atoms with van der Waals surface area (Å²) in [6.45, 7) is 8.74. The summed E-state index contributed by atoms with van der Waals surface area (Å²) in [6, 6.07) is 0. The predicted octanol–water partition coefficient (Wildman–Crippen LogP) is 4.37. The Bertz CT molecular complexity index is 192. The van der Waals surface area contributed by atoms with Crippen LogP contribution in [-0.2, 0) is 4.79 Å². The van der Waals surface area contributed by atoms with E-state index in [9.17, 15) is 4.79 Å². The van der Waals surface area contributed by atoms with Crippen molar-refractivity contribution in [2.24, 2.45) is 11.8 Å². The number of carbonyl (C=O) groups is 1. The van der Waals surface area contributed by atoms with Crippen molar-refractivity contribution in [3.8, 4) is 0 Å². The normalized spacial score (nSPS) is 14.3. The molecule has 0 aliphatic heterocycles. The molecule has 0 aliphatic carbocycles. The molecule has 0 saturated carbocycles. The summed E-state index contributed by atoms with van der Waals surface area (Å²) in [4.78, 5) is 10.4. The Balaban J connectivity index is 3.49. The van der Waals surface area contributed by atoms with Gasteiger partial charge in [0.25, 0.3) is 0 Å². The summed E-state index contributed by atoms with van der Waals surface area (Å²) in [7, 11) is 0. The van der Waals surface area contributed by atoms with Gasteiger partial charge in [-0.2, -0.15) is 0 Å². The minimum atomic E-state index is 0.791. The summed E-state index contributed by atoms with van der Waals surface area (Å²) in [5.74, 6) is 1.62. The van der Waals surface area contributed by atoms with E-state index in [1.807, 2.05) is 13.0 Å². The van der Waals surface area contributed by atoms with Crippen LogP contribution >= 0.6 is 0 Å². The van der Waals surface area contributed by atoms with Crippen LogP contribution in [0.25, 0.3) is 0 Å².